The van der Waals surface area contributed by atoms with Gasteiger partial charge in [0.25, 0.3) is 5.91 Å². The molecular formula is C13H16N2O2. The molecule has 0 saturated carbocycles. The van der Waals surface area contributed by atoms with Crippen LogP contribution in [-0.2, 0) is 7.05 Å². The lowest BCUT2D eigenvalue weighted by Crippen LogP contribution is -2.24. The van der Waals surface area contributed by atoms with Gasteiger partial charge in [0.1, 0.15) is 0 Å². The number of nitrogens with zero attached hydrogens (tertiary/aromatic N) is 1. The molecule has 0 spiro atoms. The molecular weight excluding hydrogens is 216 g/mol. The van der Waals surface area contributed by atoms with Crippen molar-refractivity contribution in [2.45, 2.75) is 6.42 Å². The van der Waals surface area contributed by atoms with Crippen LogP contribution in [0.1, 0.15) is 16.8 Å². The van der Waals surface area contributed by atoms with Gasteiger partial charge >= 0.3 is 0 Å². The van der Waals surface area contributed by atoms with Gasteiger partial charge in [0.05, 0.1) is 0 Å². The largest absolute Gasteiger partial charge is 0.396 e. The number of carbonyl (C=O) groups excluding carboxylic acids is 1. The Morgan fingerprint density at radius 2 is 2.24 bits per heavy atom. The lowest BCUT2D eigenvalue weighted by Gasteiger charge is -2.04. The van der Waals surface area contributed by atoms with Crippen molar-refractivity contribution in [3.8, 4) is 0 Å². The number of fused-ring (bicyclic) bond motifs is 1. The van der Waals surface area contributed by atoms with Crippen molar-refractivity contribution < 1.29 is 9.90 Å². The SMILES string of the molecule is Cn1ccc2cc(C(=O)NCCCO)ccc21. The van der Waals surface area contributed by atoms with Gasteiger partial charge in [-0.15, -0.1) is 0 Å². The van der Waals surface area contributed by atoms with Gasteiger partial charge in [-0.2, -0.15) is 0 Å². The molecule has 2 aromatic rings. The summed E-state index contributed by atoms with van der Waals surface area (Å²) in [5.41, 5.74) is 1.76. The molecule has 2 N–H and O–H groups in total. The van der Waals surface area contributed by atoms with Crippen LogP contribution in [0.2, 0.25) is 0 Å². The van der Waals surface area contributed by atoms with Crippen LogP contribution in [0.25, 0.3) is 10.9 Å². The summed E-state index contributed by atoms with van der Waals surface area (Å²) in [4.78, 5) is 11.8. The average Bonchev–Trinajstić information content (AvgIpc) is 2.71. The van der Waals surface area contributed by atoms with E-state index in [0.29, 0.717) is 18.5 Å². The molecule has 17 heavy (non-hydrogen) atoms. The third-order valence-electron chi connectivity index (χ3n) is 2.77. The predicted molar refractivity (Wildman–Crippen MR) is 67.0 cm³/mol. The molecule has 0 aliphatic heterocycles. The van der Waals surface area contributed by atoms with Crippen molar-refractivity contribution in [3.63, 3.8) is 0 Å². The molecule has 0 atom stereocenters. The number of aromatic nitrogens is 1. The molecule has 0 fully saturated rings. The highest BCUT2D eigenvalue weighted by molar-refractivity contribution is 5.98. The zero-order valence-corrected chi connectivity index (χ0v) is 9.81. The first kappa shape index (κ1) is 11.7. The van der Waals surface area contributed by atoms with Crippen LogP contribution in [0.3, 0.4) is 0 Å². The third-order valence-corrected chi connectivity index (χ3v) is 2.77. The van der Waals surface area contributed by atoms with E-state index in [1.165, 1.54) is 0 Å². The summed E-state index contributed by atoms with van der Waals surface area (Å²) in [5, 5.41) is 12.5. The van der Waals surface area contributed by atoms with E-state index >= 15 is 0 Å². The Bertz CT molecular complexity index is 531. The maximum atomic E-state index is 11.8. The minimum absolute atomic E-state index is 0.0933. The van der Waals surface area contributed by atoms with Crippen LogP contribution in [0.4, 0.5) is 0 Å². The minimum Gasteiger partial charge on any atom is -0.396 e. The topological polar surface area (TPSA) is 54.3 Å². The van der Waals surface area contributed by atoms with E-state index < -0.39 is 0 Å². The third kappa shape index (κ3) is 2.47. The molecule has 90 valence electrons. The van der Waals surface area contributed by atoms with Gasteiger partial charge in [-0.25, -0.2) is 0 Å². The van der Waals surface area contributed by atoms with Gasteiger partial charge in [0, 0.05) is 42.9 Å². The Hall–Kier alpha value is -1.81. The fraction of sp³-hybridized carbons (Fsp3) is 0.308. The smallest absolute Gasteiger partial charge is 0.251 e. The normalized spacial score (nSPS) is 10.7. The number of hydrogen-bond donors (Lipinski definition) is 2. The van der Waals surface area contributed by atoms with Crippen LogP contribution >= 0.6 is 0 Å². The highest BCUT2D eigenvalue weighted by Gasteiger charge is 2.06. The number of aryl methyl sites for hydroxylation is 1. The van der Waals surface area contributed by atoms with Crippen molar-refractivity contribution in [2.24, 2.45) is 7.05 Å². The molecule has 4 heteroatoms. The zero-order valence-electron chi connectivity index (χ0n) is 9.81. The average molecular weight is 232 g/mol. The molecule has 1 amide bonds. The molecule has 1 aromatic heterocycles. The van der Waals surface area contributed by atoms with Crippen LogP contribution in [0.5, 0.6) is 0 Å². The van der Waals surface area contributed by atoms with Crippen molar-refractivity contribution in [3.05, 3.63) is 36.0 Å². The molecule has 0 unspecified atom stereocenters. The van der Waals surface area contributed by atoms with Crippen molar-refractivity contribution in [2.75, 3.05) is 13.2 Å². The molecule has 1 heterocycles. The van der Waals surface area contributed by atoms with E-state index in [-0.39, 0.29) is 12.5 Å². The monoisotopic (exact) mass is 232 g/mol. The number of aliphatic hydroxyl groups is 1. The Kier molecular flexibility index (Phi) is 3.44. The maximum Gasteiger partial charge on any atom is 0.251 e. The highest BCUT2D eigenvalue weighted by Crippen LogP contribution is 2.16. The molecule has 0 radical (unpaired) electrons. The Morgan fingerprint density at radius 1 is 1.41 bits per heavy atom. The first-order valence-electron chi connectivity index (χ1n) is 5.66. The van der Waals surface area contributed by atoms with Crippen molar-refractivity contribution >= 4 is 16.8 Å². The van der Waals surface area contributed by atoms with Crippen LogP contribution < -0.4 is 5.32 Å². The van der Waals surface area contributed by atoms with E-state index in [9.17, 15) is 4.79 Å². The Morgan fingerprint density at radius 3 is 3.00 bits per heavy atom. The summed E-state index contributed by atoms with van der Waals surface area (Å²) in [5.74, 6) is -0.0933. The summed E-state index contributed by atoms with van der Waals surface area (Å²) in [6, 6.07) is 7.62. The number of benzene rings is 1. The quantitative estimate of drug-likeness (QED) is 0.780. The van der Waals surface area contributed by atoms with E-state index in [0.717, 1.165) is 10.9 Å². The number of nitrogens with one attached hydrogen (secondary N) is 1. The van der Waals surface area contributed by atoms with Gasteiger partial charge in [-0.1, -0.05) is 0 Å². The van der Waals surface area contributed by atoms with E-state index in [4.69, 9.17) is 5.11 Å². The molecule has 4 nitrogen and oxygen atoms in total. The van der Waals surface area contributed by atoms with Gasteiger partial charge in [0.2, 0.25) is 0 Å². The molecule has 0 aliphatic rings. The van der Waals surface area contributed by atoms with Crippen molar-refractivity contribution in [1.29, 1.82) is 0 Å². The predicted octanol–water partition coefficient (Wildman–Crippen LogP) is 1.29. The summed E-state index contributed by atoms with van der Waals surface area (Å²) in [6.07, 6.45) is 2.55. The molecule has 2 rings (SSSR count). The second-order valence-corrected chi connectivity index (χ2v) is 4.03. The Balaban J connectivity index is 2.15. The minimum atomic E-state index is -0.0933. The number of amides is 1. The lowest BCUT2D eigenvalue weighted by molar-refractivity contribution is 0.0951. The Labute approximate surface area is 99.9 Å². The molecule has 0 bridgehead atoms. The summed E-state index contributed by atoms with van der Waals surface area (Å²) < 4.78 is 2.02. The summed E-state index contributed by atoms with van der Waals surface area (Å²) >= 11 is 0. The summed E-state index contributed by atoms with van der Waals surface area (Å²) in [6.45, 7) is 0.597. The second kappa shape index (κ2) is 5.01. The van der Waals surface area contributed by atoms with Crippen LogP contribution in [0.15, 0.2) is 30.5 Å². The number of aliphatic hydroxyl groups excluding tert-OH is 1. The number of rotatable bonds is 4. The van der Waals surface area contributed by atoms with Crippen molar-refractivity contribution in [1.82, 2.24) is 9.88 Å². The zero-order chi connectivity index (χ0) is 12.3. The first-order chi connectivity index (χ1) is 8.22. The second-order valence-electron chi connectivity index (χ2n) is 4.03. The molecule has 1 aromatic carbocycles. The fourth-order valence-electron chi connectivity index (χ4n) is 1.81. The highest BCUT2D eigenvalue weighted by atomic mass is 16.3. The summed E-state index contributed by atoms with van der Waals surface area (Å²) in [7, 11) is 1.98. The van der Waals surface area contributed by atoms with E-state index in [2.05, 4.69) is 5.32 Å². The standard InChI is InChI=1S/C13H16N2O2/c1-15-7-5-10-9-11(3-4-12(10)15)13(17)14-6-2-8-16/h3-5,7,9,16H,2,6,8H2,1H3,(H,14,17). The van der Waals surface area contributed by atoms with Crippen LogP contribution in [0, 0.1) is 0 Å². The number of hydrogen-bond acceptors (Lipinski definition) is 2. The van der Waals surface area contributed by atoms with Gasteiger partial charge in [0.15, 0.2) is 0 Å². The van der Waals surface area contributed by atoms with E-state index in [1.54, 1.807) is 0 Å². The van der Waals surface area contributed by atoms with Gasteiger partial charge in [-0.05, 0) is 30.7 Å². The van der Waals surface area contributed by atoms with Gasteiger partial charge < -0.3 is 15.0 Å². The fourth-order valence-corrected chi connectivity index (χ4v) is 1.81. The lowest BCUT2D eigenvalue weighted by atomic mass is 10.1. The van der Waals surface area contributed by atoms with E-state index in [1.807, 2.05) is 42.1 Å². The maximum absolute atomic E-state index is 11.8. The van der Waals surface area contributed by atoms with Crippen LogP contribution in [-0.4, -0.2) is 28.7 Å². The van der Waals surface area contributed by atoms with Gasteiger partial charge in [-0.3, -0.25) is 4.79 Å². The molecule has 0 saturated heterocycles. The number of carbonyl (C=O) groups is 1. The first-order valence-corrected chi connectivity index (χ1v) is 5.66. The molecule has 0 aliphatic carbocycles.